The molecule has 0 aliphatic heterocycles. The highest BCUT2D eigenvalue weighted by Crippen LogP contribution is 2.11. The molecule has 0 saturated carbocycles. The molecule has 1 aromatic carbocycles. The number of phenolic OH excluding ortho intramolecular Hbond substituents is 1. The lowest BCUT2D eigenvalue weighted by Gasteiger charge is -2.11. The first-order chi connectivity index (χ1) is 10.2. The van der Waals surface area contributed by atoms with Crippen LogP contribution in [0.4, 0.5) is 0 Å². The molecule has 3 N–H and O–H groups in total. The second-order valence-electron chi connectivity index (χ2n) is 4.66. The molecule has 21 heavy (non-hydrogen) atoms. The van der Waals surface area contributed by atoms with Gasteiger partial charge in [-0.1, -0.05) is 12.1 Å². The van der Waals surface area contributed by atoms with Crippen molar-refractivity contribution in [3.63, 3.8) is 0 Å². The fourth-order valence-electron chi connectivity index (χ4n) is 1.92. The second-order valence-corrected chi connectivity index (χ2v) is 4.66. The SMILES string of the molecule is CCNC(=NCc1cccc(O)c1)NCc1ccnn1C. The zero-order valence-electron chi connectivity index (χ0n) is 12.4. The number of hydrogen-bond acceptors (Lipinski definition) is 3. The van der Waals surface area contributed by atoms with Crippen molar-refractivity contribution in [3.8, 4) is 5.75 Å². The number of aromatic hydroxyl groups is 1. The van der Waals surface area contributed by atoms with Gasteiger partial charge in [-0.2, -0.15) is 5.10 Å². The number of rotatable bonds is 5. The Bertz CT molecular complexity index is 606. The molecule has 0 saturated heterocycles. The van der Waals surface area contributed by atoms with Crippen LogP contribution < -0.4 is 10.6 Å². The second kappa shape index (κ2) is 7.33. The van der Waals surface area contributed by atoms with E-state index in [2.05, 4.69) is 20.7 Å². The maximum atomic E-state index is 9.45. The van der Waals surface area contributed by atoms with Gasteiger partial charge in [-0.15, -0.1) is 0 Å². The van der Waals surface area contributed by atoms with E-state index in [0.717, 1.165) is 23.8 Å². The zero-order valence-corrected chi connectivity index (χ0v) is 12.4. The van der Waals surface area contributed by atoms with E-state index >= 15 is 0 Å². The van der Waals surface area contributed by atoms with E-state index in [4.69, 9.17) is 0 Å². The number of nitrogens with one attached hydrogen (secondary N) is 2. The van der Waals surface area contributed by atoms with Crippen LogP contribution in [0.15, 0.2) is 41.5 Å². The van der Waals surface area contributed by atoms with Crippen molar-refractivity contribution in [1.82, 2.24) is 20.4 Å². The number of aromatic nitrogens is 2. The van der Waals surface area contributed by atoms with Gasteiger partial charge in [-0.05, 0) is 30.7 Å². The minimum Gasteiger partial charge on any atom is -0.508 e. The van der Waals surface area contributed by atoms with Crippen molar-refractivity contribution in [2.24, 2.45) is 12.0 Å². The van der Waals surface area contributed by atoms with Crippen LogP contribution in [0.2, 0.25) is 0 Å². The van der Waals surface area contributed by atoms with Gasteiger partial charge < -0.3 is 15.7 Å². The monoisotopic (exact) mass is 287 g/mol. The summed E-state index contributed by atoms with van der Waals surface area (Å²) in [6.45, 7) is 3.98. The highest BCUT2D eigenvalue weighted by atomic mass is 16.3. The number of guanidine groups is 1. The van der Waals surface area contributed by atoms with Gasteiger partial charge in [0.2, 0.25) is 0 Å². The van der Waals surface area contributed by atoms with Crippen LogP contribution in [-0.4, -0.2) is 27.4 Å². The quantitative estimate of drug-likeness (QED) is 0.574. The van der Waals surface area contributed by atoms with Crippen molar-refractivity contribution < 1.29 is 5.11 Å². The van der Waals surface area contributed by atoms with Gasteiger partial charge in [0, 0.05) is 19.8 Å². The van der Waals surface area contributed by atoms with Crippen molar-refractivity contribution in [1.29, 1.82) is 0 Å². The highest BCUT2D eigenvalue weighted by molar-refractivity contribution is 5.79. The van der Waals surface area contributed by atoms with E-state index in [0.29, 0.717) is 13.1 Å². The highest BCUT2D eigenvalue weighted by Gasteiger charge is 2.01. The summed E-state index contributed by atoms with van der Waals surface area (Å²) in [6, 6.07) is 9.09. The zero-order chi connectivity index (χ0) is 15.1. The first-order valence-corrected chi connectivity index (χ1v) is 6.96. The predicted octanol–water partition coefficient (Wildman–Crippen LogP) is 1.38. The smallest absolute Gasteiger partial charge is 0.191 e. The average molecular weight is 287 g/mol. The van der Waals surface area contributed by atoms with Crippen molar-refractivity contribution in [3.05, 3.63) is 47.8 Å². The Morgan fingerprint density at radius 3 is 2.86 bits per heavy atom. The van der Waals surface area contributed by atoms with E-state index in [9.17, 15) is 5.11 Å². The van der Waals surface area contributed by atoms with Gasteiger partial charge >= 0.3 is 0 Å². The molecule has 0 fully saturated rings. The molecule has 0 unspecified atom stereocenters. The molecule has 0 atom stereocenters. The molecule has 2 rings (SSSR count). The Hall–Kier alpha value is -2.50. The van der Waals surface area contributed by atoms with Crippen LogP contribution in [0.25, 0.3) is 0 Å². The minimum absolute atomic E-state index is 0.260. The summed E-state index contributed by atoms with van der Waals surface area (Å²) >= 11 is 0. The Morgan fingerprint density at radius 1 is 1.33 bits per heavy atom. The standard InChI is InChI=1S/C15H21N5O/c1-3-16-15(18-11-13-7-8-19-20(13)2)17-10-12-5-4-6-14(21)9-12/h4-9,21H,3,10-11H2,1-2H3,(H2,16,17,18). The number of phenols is 1. The first-order valence-electron chi connectivity index (χ1n) is 6.96. The van der Waals surface area contributed by atoms with Crippen molar-refractivity contribution in [2.75, 3.05) is 6.54 Å². The molecule has 0 aliphatic rings. The van der Waals surface area contributed by atoms with E-state index in [-0.39, 0.29) is 5.75 Å². The maximum absolute atomic E-state index is 9.45. The molecular weight excluding hydrogens is 266 g/mol. The lowest BCUT2D eigenvalue weighted by atomic mass is 10.2. The number of aryl methyl sites for hydroxylation is 1. The normalized spacial score (nSPS) is 11.4. The molecule has 112 valence electrons. The van der Waals surface area contributed by atoms with Crippen molar-refractivity contribution in [2.45, 2.75) is 20.0 Å². The topological polar surface area (TPSA) is 74.5 Å². The van der Waals surface area contributed by atoms with Gasteiger partial charge in [0.1, 0.15) is 5.75 Å². The van der Waals surface area contributed by atoms with Crippen LogP contribution in [0, 0.1) is 0 Å². The molecule has 0 bridgehead atoms. The third kappa shape index (κ3) is 4.52. The molecule has 0 radical (unpaired) electrons. The summed E-state index contributed by atoms with van der Waals surface area (Å²) in [5.74, 6) is 0.998. The molecule has 0 spiro atoms. The molecule has 1 heterocycles. The Morgan fingerprint density at radius 2 is 2.19 bits per heavy atom. The van der Waals surface area contributed by atoms with Gasteiger partial charge in [-0.25, -0.2) is 4.99 Å². The lowest BCUT2D eigenvalue weighted by Crippen LogP contribution is -2.37. The molecule has 2 aromatic rings. The molecular formula is C15H21N5O. The van der Waals surface area contributed by atoms with Crippen LogP contribution in [0.5, 0.6) is 5.75 Å². The van der Waals surface area contributed by atoms with Gasteiger partial charge in [0.15, 0.2) is 5.96 Å². The van der Waals surface area contributed by atoms with Gasteiger partial charge in [0.05, 0.1) is 18.8 Å². The van der Waals surface area contributed by atoms with Crippen LogP contribution in [0.3, 0.4) is 0 Å². The summed E-state index contributed by atoms with van der Waals surface area (Å²) < 4.78 is 1.83. The van der Waals surface area contributed by atoms with Crippen molar-refractivity contribution >= 4 is 5.96 Å². The molecule has 6 nitrogen and oxygen atoms in total. The van der Waals surface area contributed by atoms with Crippen LogP contribution in [0.1, 0.15) is 18.2 Å². The number of hydrogen-bond donors (Lipinski definition) is 3. The van der Waals surface area contributed by atoms with E-state index in [1.807, 2.05) is 36.9 Å². The van der Waals surface area contributed by atoms with Crippen LogP contribution in [-0.2, 0) is 20.1 Å². The summed E-state index contributed by atoms with van der Waals surface area (Å²) in [6.07, 6.45) is 1.77. The lowest BCUT2D eigenvalue weighted by molar-refractivity contribution is 0.474. The summed E-state index contributed by atoms with van der Waals surface area (Å²) in [5, 5.41) is 20.0. The molecule has 1 aromatic heterocycles. The Kier molecular flexibility index (Phi) is 5.20. The largest absolute Gasteiger partial charge is 0.508 e. The van der Waals surface area contributed by atoms with E-state index in [1.165, 1.54) is 0 Å². The Balaban J connectivity index is 1.97. The van der Waals surface area contributed by atoms with E-state index < -0.39 is 0 Å². The third-order valence-corrected chi connectivity index (χ3v) is 3.03. The molecule has 0 aliphatic carbocycles. The molecule has 0 amide bonds. The number of aliphatic imine (C=N–C) groups is 1. The number of benzene rings is 1. The third-order valence-electron chi connectivity index (χ3n) is 3.03. The average Bonchev–Trinajstić information content (AvgIpc) is 2.87. The van der Waals surface area contributed by atoms with Gasteiger partial charge in [0.25, 0.3) is 0 Å². The summed E-state index contributed by atoms with van der Waals surface area (Å²) in [7, 11) is 1.91. The van der Waals surface area contributed by atoms with Crippen LogP contribution >= 0.6 is 0 Å². The fraction of sp³-hybridized carbons (Fsp3) is 0.333. The number of nitrogens with zero attached hydrogens (tertiary/aromatic N) is 3. The first kappa shape index (κ1) is 14.9. The minimum atomic E-state index is 0.260. The maximum Gasteiger partial charge on any atom is 0.191 e. The summed E-state index contributed by atoms with van der Waals surface area (Å²) in [5.41, 5.74) is 2.05. The van der Waals surface area contributed by atoms with E-state index in [1.54, 1.807) is 18.3 Å². The summed E-state index contributed by atoms with van der Waals surface area (Å²) in [4.78, 5) is 4.51. The predicted molar refractivity (Wildman–Crippen MR) is 83.0 cm³/mol. The fourth-order valence-corrected chi connectivity index (χ4v) is 1.92. The Labute approximate surface area is 124 Å². The molecule has 6 heteroatoms. The van der Waals surface area contributed by atoms with Gasteiger partial charge in [-0.3, -0.25) is 4.68 Å².